The lowest BCUT2D eigenvalue weighted by Gasteiger charge is -2.21. The molecule has 0 saturated heterocycles. The van der Waals surface area contributed by atoms with Crippen LogP contribution in [0.1, 0.15) is 37.6 Å². The average Bonchev–Trinajstić information content (AvgIpc) is 2.91. The summed E-state index contributed by atoms with van der Waals surface area (Å²) < 4.78 is 20.9. The average molecular weight is 291 g/mol. The van der Waals surface area contributed by atoms with Crippen molar-refractivity contribution >= 4 is 0 Å². The number of aromatic nitrogens is 2. The molecule has 0 aliphatic carbocycles. The summed E-state index contributed by atoms with van der Waals surface area (Å²) in [7, 11) is 1.63. The maximum atomic E-state index is 13.6. The molecule has 0 amide bonds. The van der Waals surface area contributed by atoms with Gasteiger partial charge in [0.25, 0.3) is 0 Å². The minimum Gasteiger partial charge on any atom is -0.493 e. The summed E-state index contributed by atoms with van der Waals surface area (Å²) in [5.41, 5.74) is 1.80. The van der Waals surface area contributed by atoms with Gasteiger partial charge in [-0.25, -0.2) is 4.39 Å². The summed E-state index contributed by atoms with van der Waals surface area (Å²) in [6.45, 7) is 5.69. The van der Waals surface area contributed by atoms with Crippen molar-refractivity contribution in [2.45, 2.75) is 32.9 Å². The maximum absolute atomic E-state index is 13.6. The molecule has 2 rings (SSSR count). The molecule has 1 aromatic heterocycles. The monoisotopic (exact) mass is 291 g/mol. The molecule has 0 spiro atoms. The summed E-state index contributed by atoms with van der Waals surface area (Å²) in [5.74, 6) is 0.479. The number of nitrogens with zero attached hydrogens (tertiary/aromatic N) is 2. The number of ether oxygens (including phenoxy) is 1. The highest BCUT2D eigenvalue weighted by Gasteiger charge is 2.23. The van der Waals surface area contributed by atoms with Crippen LogP contribution in [0.3, 0.4) is 0 Å². The summed E-state index contributed by atoms with van der Waals surface area (Å²) in [4.78, 5) is 0. The van der Waals surface area contributed by atoms with Gasteiger partial charge in [-0.05, 0) is 37.6 Å². The molecule has 114 valence electrons. The summed E-state index contributed by atoms with van der Waals surface area (Å²) in [5, 5.41) is 7.80. The Morgan fingerprint density at radius 3 is 2.81 bits per heavy atom. The smallest absolute Gasteiger partial charge is 0.161 e. The first-order valence-electron chi connectivity index (χ1n) is 7.29. The molecule has 21 heavy (non-hydrogen) atoms. The van der Waals surface area contributed by atoms with Crippen LogP contribution in [0.4, 0.5) is 4.39 Å². The molecule has 0 saturated carbocycles. The van der Waals surface area contributed by atoms with Gasteiger partial charge in [0.2, 0.25) is 0 Å². The Bertz CT molecular complexity index is 561. The molecule has 1 atom stereocenters. The van der Waals surface area contributed by atoms with Gasteiger partial charge in [-0.2, -0.15) is 5.10 Å². The van der Waals surface area contributed by atoms with Crippen molar-refractivity contribution in [3.63, 3.8) is 0 Å². The van der Waals surface area contributed by atoms with Gasteiger partial charge in [-0.15, -0.1) is 0 Å². The third kappa shape index (κ3) is 3.42. The first kappa shape index (κ1) is 15.5. The minimum atomic E-state index is -0.239. The van der Waals surface area contributed by atoms with E-state index >= 15 is 0 Å². The highest BCUT2D eigenvalue weighted by Crippen LogP contribution is 2.30. The van der Waals surface area contributed by atoms with Crippen LogP contribution in [0.2, 0.25) is 0 Å². The number of rotatable bonds is 7. The molecule has 0 fully saturated rings. The van der Waals surface area contributed by atoms with Crippen molar-refractivity contribution in [2.24, 2.45) is 0 Å². The molecule has 0 aliphatic heterocycles. The zero-order valence-electron chi connectivity index (χ0n) is 12.8. The van der Waals surface area contributed by atoms with Gasteiger partial charge < -0.3 is 10.1 Å². The van der Waals surface area contributed by atoms with Crippen molar-refractivity contribution in [2.75, 3.05) is 13.7 Å². The summed E-state index contributed by atoms with van der Waals surface area (Å²) >= 11 is 0. The van der Waals surface area contributed by atoms with E-state index in [0.717, 1.165) is 36.5 Å². The van der Waals surface area contributed by atoms with Crippen LogP contribution in [0.15, 0.2) is 30.5 Å². The number of hydrogen-bond acceptors (Lipinski definition) is 3. The fourth-order valence-corrected chi connectivity index (χ4v) is 2.43. The second-order valence-electron chi connectivity index (χ2n) is 4.86. The van der Waals surface area contributed by atoms with E-state index in [2.05, 4.69) is 17.3 Å². The van der Waals surface area contributed by atoms with Crippen molar-refractivity contribution in [1.82, 2.24) is 15.1 Å². The van der Waals surface area contributed by atoms with Crippen molar-refractivity contribution < 1.29 is 9.13 Å². The van der Waals surface area contributed by atoms with Crippen LogP contribution in [0, 0.1) is 5.82 Å². The van der Waals surface area contributed by atoms with E-state index < -0.39 is 0 Å². The first-order valence-corrected chi connectivity index (χ1v) is 7.29. The van der Waals surface area contributed by atoms with Crippen LogP contribution >= 0.6 is 0 Å². The van der Waals surface area contributed by atoms with Gasteiger partial charge >= 0.3 is 0 Å². The lowest BCUT2D eigenvalue weighted by atomic mass is 10.0. The van der Waals surface area contributed by atoms with Gasteiger partial charge in [-0.1, -0.05) is 19.1 Å². The molecule has 1 aromatic carbocycles. The van der Waals surface area contributed by atoms with E-state index in [-0.39, 0.29) is 11.9 Å². The number of methoxy groups -OCH3 is 1. The van der Waals surface area contributed by atoms with Crippen LogP contribution in [0.25, 0.3) is 0 Å². The minimum absolute atomic E-state index is 0.141. The molecular weight excluding hydrogens is 269 g/mol. The fraction of sp³-hybridized carbons (Fsp3) is 0.438. The third-order valence-corrected chi connectivity index (χ3v) is 3.42. The maximum Gasteiger partial charge on any atom is 0.161 e. The molecule has 0 bridgehead atoms. The molecule has 1 unspecified atom stereocenters. The van der Waals surface area contributed by atoms with Crippen LogP contribution in [-0.4, -0.2) is 23.4 Å². The highest BCUT2D eigenvalue weighted by atomic mass is 19.1. The number of hydrogen-bond donors (Lipinski definition) is 1. The third-order valence-electron chi connectivity index (χ3n) is 3.42. The normalized spacial score (nSPS) is 12.4. The first-order chi connectivity index (χ1) is 10.2. The Hall–Kier alpha value is -1.88. The van der Waals surface area contributed by atoms with E-state index in [0.29, 0.717) is 0 Å². The van der Waals surface area contributed by atoms with Gasteiger partial charge in [0.1, 0.15) is 11.5 Å². The zero-order chi connectivity index (χ0) is 15.2. The molecule has 1 heterocycles. The van der Waals surface area contributed by atoms with Crippen LogP contribution in [0.5, 0.6) is 5.75 Å². The number of nitrogens with one attached hydrogen (secondary N) is 1. The Morgan fingerprint density at radius 1 is 1.38 bits per heavy atom. The van der Waals surface area contributed by atoms with Gasteiger partial charge in [0, 0.05) is 6.54 Å². The molecule has 4 nitrogen and oxygen atoms in total. The molecule has 2 aromatic rings. The van der Waals surface area contributed by atoms with Crippen LogP contribution < -0.4 is 10.1 Å². The van der Waals surface area contributed by atoms with Crippen molar-refractivity contribution in [1.29, 1.82) is 0 Å². The summed E-state index contributed by atoms with van der Waals surface area (Å²) in [6, 6.07) is 6.51. The molecule has 5 heteroatoms. The van der Waals surface area contributed by atoms with Crippen molar-refractivity contribution in [3.8, 4) is 5.75 Å². The van der Waals surface area contributed by atoms with Gasteiger partial charge in [-0.3, -0.25) is 4.68 Å². The lowest BCUT2D eigenvalue weighted by Crippen LogP contribution is -2.26. The molecule has 0 aliphatic rings. The number of halogens is 1. The van der Waals surface area contributed by atoms with Gasteiger partial charge in [0.15, 0.2) is 5.75 Å². The number of benzene rings is 1. The standard InChI is InChI=1S/C16H22FN3O/c1-4-9-18-15(12-7-6-8-13(17)10-12)16-14(21-3)11-19-20(16)5-2/h6-8,10-11,15,18H,4-5,9H2,1-3H3. The Kier molecular flexibility index (Phi) is 5.33. The highest BCUT2D eigenvalue weighted by molar-refractivity contribution is 5.36. The SMILES string of the molecule is CCCNC(c1cccc(F)c1)c1c(OC)cnn1CC. The van der Waals surface area contributed by atoms with E-state index in [9.17, 15) is 4.39 Å². The number of aryl methyl sites for hydroxylation is 1. The predicted molar refractivity (Wildman–Crippen MR) is 81.0 cm³/mol. The van der Waals surface area contributed by atoms with E-state index in [1.807, 2.05) is 17.7 Å². The summed E-state index contributed by atoms with van der Waals surface area (Å²) in [6.07, 6.45) is 2.70. The lowest BCUT2D eigenvalue weighted by molar-refractivity contribution is 0.398. The molecule has 1 N–H and O–H groups in total. The van der Waals surface area contributed by atoms with E-state index in [1.165, 1.54) is 6.07 Å². The second kappa shape index (κ2) is 7.22. The molecular formula is C16H22FN3O. The predicted octanol–water partition coefficient (Wildman–Crippen LogP) is 3.14. The van der Waals surface area contributed by atoms with Crippen molar-refractivity contribution in [3.05, 3.63) is 47.5 Å². The second-order valence-corrected chi connectivity index (χ2v) is 4.86. The Balaban J connectivity index is 2.47. The van der Waals surface area contributed by atoms with Crippen LogP contribution in [-0.2, 0) is 6.54 Å². The quantitative estimate of drug-likeness (QED) is 0.852. The zero-order valence-corrected chi connectivity index (χ0v) is 12.8. The Morgan fingerprint density at radius 2 is 2.19 bits per heavy atom. The fourth-order valence-electron chi connectivity index (χ4n) is 2.43. The largest absolute Gasteiger partial charge is 0.493 e. The van der Waals surface area contributed by atoms with E-state index in [4.69, 9.17) is 4.74 Å². The topological polar surface area (TPSA) is 39.1 Å². The Labute approximate surface area is 124 Å². The van der Waals surface area contributed by atoms with Gasteiger partial charge in [0.05, 0.1) is 19.3 Å². The van der Waals surface area contributed by atoms with E-state index in [1.54, 1.807) is 25.4 Å². The molecule has 0 radical (unpaired) electrons.